The van der Waals surface area contributed by atoms with E-state index >= 15 is 0 Å². The number of benzene rings is 3. The lowest BCUT2D eigenvalue weighted by atomic mass is 10.00. The van der Waals surface area contributed by atoms with Gasteiger partial charge in [-0.25, -0.2) is 8.42 Å². The molecule has 0 bridgehead atoms. The molecule has 0 aliphatic carbocycles. The number of nitrogens with one attached hydrogen (secondary N) is 1. The summed E-state index contributed by atoms with van der Waals surface area (Å²) < 4.78 is 28.3. The minimum absolute atomic E-state index is 0.0357. The van der Waals surface area contributed by atoms with Crippen molar-refractivity contribution in [2.75, 3.05) is 16.2 Å². The Morgan fingerprint density at radius 1 is 1.09 bits per heavy atom. The van der Waals surface area contributed by atoms with Crippen LogP contribution in [0.3, 0.4) is 0 Å². The fourth-order valence-corrected chi connectivity index (χ4v) is 5.42. The predicted molar refractivity (Wildman–Crippen MR) is 129 cm³/mol. The minimum atomic E-state index is -3.70. The molecule has 1 heterocycles. The number of carbonyl (C=O) groups is 1. The lowest BCUT2D eigenvalue weighted by molar-refractivity contribution is -0.118. The highest BCUT2D eigenvalue weighted by atomic mass is 32.2. The third-order valence-electron chi connectivity index (χ3n) is 5.85. The second-order valence-corrected chi connectivity index (χ2v) is 9.82. The van der Waals surface area contributed by atoms with Gasteiger partial charge in [-0.2, -0.15) is 5.26 Å². The van der Waals surface area contributed by atoms with E-state index in [1.54, 1.807) is 54.3 Å². The van der Waals surface area contributed by atoms with Crippen molar-refractivity contribution in [2.45, 2.75) is 37.5 Å². The van der Waals surface area contributed by atoms with Crippen LogP contribution in [0.15, 0.2) is 71.6 Å². The zero-order valence-electron chi connectivity index (χ0n) is 18.4. The highest BCUT2D eigenvalue weighted by Crippen LogP contribution is 2.31. The van der Waals surface area contributed by atoms with Crippen molar-refractivity contribution in [1.82, 2.24) is 0 Å². The first kappa shape index (κ1) is 22.6. The molecule has 0 unspecified atom stereocenters. The van der Waals surface area contributed by atoms with Gasteiger partial charge in [0.1, 0.15) is 0 Å². The van der Waals surface area contributed by atoms with Gasteiger partial charge in [-0.1, -0.05) is 30.3 Å². The van der Waals surface area contributed by atoms with E-state index in [-0.39, 0.29) is 10.8 Å². The molecule has 1 aliphatic heterocycles. The molecule has 6 nitrogen and oxygen atoms in total. The minimum Gasteiger partial charge on any atom is -0.312 e. The zero-order valence-corrected chi connectivity index (χ0v) is 19.2. The Balaban J connectivity index is 1.48. The van der Waals surface area contributed by atoms with Crippen LogP contribution in [0.2, 0.25) is 0 Å². The van der Waals surface area contributed by atoms with Crippen LogP contribution in [-0.4, -0.2) is 20.9 Å². The highest BCUT2D eigenvalue weighted by Gasteiger charge is 2.24. The lowest BCUT2D eigenvalue weighted by Crippen LogP contribution is -2.35. The lowest BCUT2D eigenvalue weighted by Gasteiger charge is -2.30. The number of nitrogens with zero attached hydrogens (tertiary/aromatic N) is 2. The van der Waals surface area contributed by atoms with E-state index < -0.39 is 10.0 Å². The summed E-state index contributed by atoms with van der Waals surface area (Å²) in [5.74, 6) is 0.0357. The summed E-state index contributed by atoms with van der Waals surface area (Å²) in [6.07, 6.45) is 2.58. The number of carbonyl (C=O) groups excluding carboxylic acids is 1. The molecule has 3 aromatic carbocycles. The monoisotopic (exact) mass is 459 g/mol. The third kappa shape index (κ3) is 5.07. The third-order valence-corrected chi connectivity index (χ3v) is 7.39. The summed E-state index contributed by atoms with van der Waals surface area (Å²) in [6.45, 7) is 2.41. The van der Waals surface area contributed by atoms with Gasteiger partial charge in [-0.05, 0) is 79.3 Å². The second-order valence-electron chi connectivity index (χ2n) is 8.17. The number of aryl methyl sites for hydroxylation is 3. The number of hydrogen-bond acceptors (Lipinski definition) is 4. The maximum absolute atomic E-state index is 13.0. The number of rotatable bonds is 6. The van der Waals surface area contributed by atoms with E-state index in [4.69, 9.17) is 5.26 Å². The van der Waals surface area contributed by atoms with Gasteiger partial charge >= 0.3 is 0 Å². The van der Waals surface area contributed by atoms with Gasteiger partial charge in [-0.15, -0.1) is 0 Å². The molecule has 0 saturated heterocycles. The van der Waals surface area contributed by atoms with Gasteiger partial charge < -0.3 is 4.90 Å². The van der Waals surface area contributed by atoms with Crippen LogP contribution in [0.4, 0.5) is 11.4 Å². The summed E-state index contributed by atoms with van der Waals surface area (Å²) in [5.41, 5.74) is 4.58. The van der Waals surface area contributed by atoms with Crippen molar-refractivity contribution in [3.63, 3.8) is 0 Å². The van der Waals surface area contributed by atoms with Crippen LogP contribution in [0.5, 0.6) is 0 Å². The molecule has 1 aliphatic rings. The molecular formula is C26H25N3O3S. The van der Waals surface area contributed by atoms with Crippen molar-refractivity contribution in [2.24, 2.45) is 0 Å². The number of amides is 1. The predicted octanol–water partition coefficient (Wildman–Crippen LogP) is 4.58. The smallest absolute Gasteiger partial charge is 0.262 e. The Labute approximate surface area is 194 Å². The average Bonchev–Trinajstić information content (AvgIpc) is 2.82. The molecule has 4 rings (SSSR count). The molecular weight excluding hydrogens is 434 g/mol. The Kier molecular flexibility index (Phi) is 6.47. The van der Waals surface area contributed by atoms with Gasteiger partial charge in [0.2, 0.25) is 5.91 Å². The SMILES string of the molecule is Cc1ccccc1S(=O)(=O)Nc1ccc2c(c1)CCCN2C(=O)CCc1ccc(C#N)cc1. The number of nitriles is 1. The van der Waals surface area contributed by atoms with E-state index in [0.29, 0.717) is 36.2 Å². The number of sulfonamides is 1. The number of hydrogen-bond donors (Lipinski definition) is 1. The van der Waals surface area contributed by atoms with E-state index in [2.05, 4.69) is 10.8 Å². The Morgan fingerprint density at radius 2 is 1.85 bits per heavy atom. The summed E-state index contributed by atoms with van der Waals surface area (Å²) in [6, 6.07) is 21.6. The highest BCUT2D eigenvalue weighted by molar-refractivity contribution is 7.92. The standard InChI is InChI=1S/C26H25N3O3S/c1-19-5-2-3-7-25(19)33(31,32)28-23-13-14-24-22(17-23)6-4-16-29(24)26(30)15-12-20-8-10-21(18-27)11-9-20/h2-3,5,7-11,13-14,17,28H,4,6,12,15-16H2,1H3. The summed E-state index contributed by atoms with van der Waals surface area (Å²) in [7, 11) is -3.70. The fourth-order valence-electron chi connectivity index (χ4n) is 4.12. The van der Waals surface area contributed by atoms with Gasteiger partial charge in [0.15, 0.2) is 0 Å². The Hall–Kier alpha value is -3.63. The molecule has 0 atom stereocenters. The fraction of sp³-hybridized carbons (Fsp3) is 0.231. The molecule has 168 valence electrons. The second kappa shape index (κ2) is 9.47. The van der Waals surface area contributed by atoms with Gasteiger partial charge in [0.05, 0.1) is 16.5 Å². The molecule has 7 heteroatoms. The number of fused-ring (bicyclic) bond motifs is 1. The first-order valence-corrected chi connectivity index (χ1v) is 12.4. The molecule has 0 aromatic heterocycles. The summed E-state index contributed by atoms with van der Waals surface area (Å²) in [4.78, 5) is 15.0. The first-order valence-electron chi connectivity index (χ1n) is 10.9. The van der Waals surface area contributed by atoms with Crippen LogP contribution in [0, 0.1) is 18.3 Å². The topological polar surface area (TPSA) is 90.3 Å². The molecule has 33 heavy (non-hydrogen) atoms. The molecule has 0 spiro atoms. The maximum atomic E-state index is 13.0. The van der Waals surface area contributed by atoms with Crippen LogP contribution < -0.4 is 9.62 Å². The molecule has 0 fully saturated rings. The summed E-state index contributed by atoms with van der Waals surface area (Å²) in [5, 5.41) is 8.91. The van der Waals surface area contributed by atoms with E-state index in [1.807, 2.05) is 24.3 Å². The Morgan fingerprint density at radius 3 is 2.58 bits per heavy atom. The molecule has 3 aromatic rings. The van der Waals surface area contributed by atoms with E-state index in [0.717, 1.165) is 29.7 Å². The quantitative estimate of drug-likeness (QED) is 0.584. The average molecular weight is 460 g/mol. The zero-order chi connectivity index (χ0) is 23.4. The normalized spacial score (nSPS) is 13.2. The van der Waals surface area contributed by atoms with Crippen LogP contribution in [-0.2, 0) is 27.7 Å². The maximum Gasteiger partial charge on any atom is 0.262 e. The van der Waals surface area contributed by atoms with Crippen molar-refractivity contribution < 1.29 is 13.2 Å². The van der Waals surface area contributed by atoms with Crippen LogP contribution >= 0.6 is 0 Å². The van der Waals surface area contributed by atoms with Gasteiger partial charge in [0.25, 0.3) is 10.0 Å². The number of anilines is 2. The van der Waals surface area contributed by atoms with Crippen molar-refractivity contribution in [3.05, 3.63) is 89.0 Å². The molecule has 1 amide bonds. The van der Waals surface area contributed by atoms with Crippen LogP contribution in [0.25, 0.3) is 0 Å². The van der Waals surface area contributed by atoms with Gasteiger partial charge in [-0.3, -0.25) is 9.52 Å². The van der Waals surface area contributed by atoms with Crippen molar-refractivity contribution in [3.8, 4) is 6.07 Å². The van der Waals surface area contributed by atoms with Crippen molar-refractivity contribution in [1.29, 1.82) is 5.26 Å². The van der Waals surface area contributed by atoms with Crippen molar-refractivity contribution >= 4 is 27.3 Å². The molecule has 0 radical (unpaired) electrons. The van der Waals surface area contributed by atoms with E-state index in [9.17, 15) is 13.2 Å². The largest absolute Gasteiger partial charge is 0.312 e. The van der Waals surface area contributed by atoms with E-state index in [1.165, 1.54) is 0 Å². The molecule has 1 N–H and O–H groups in total. The first-order chi connectivity index (χ1) is 15.9. The molecule has 0 saturated carbocycles. The Bertz CT molecular complexity index is 1330. The summed E-state index contributed by atoms with van der Waals surface area (Å²) >= 11 is 0. The van der Waals surface area contributed by atoms with Gasteiger partial charge in [0, 0.05) is 24.3 Å². The van der Waals surface area contributed by atoms with Crippen LogP contribution in [0.1, 0.15) is 35.1 Å².